The molecule has 1 atom stereocenters. The second-order valence-corrected chi connectivity index (χ2v) is 6.15. The fraction of sp³-hybridized carbons (Fsp3) is 0.333. The van der Waals surface area contributed by atoms with Crippen molar-refractivity contribution in [1.82, 2.24) is 15.2 Å². The Morgan fingerprint density at radius 3 is 2.31 bits per heavy atom. The highest BCUT2D eigenvalue weighted by Crippen LogP contribution is 2.31. The van der Waals surface area contributed by atoms with E-state index in [9.17, 15) is 0 Å². The maximum absolute atomic E-state index is 6.36. The molecule has 8 nitrogen and oxygen atoms in total. The van der Waals surface area contributed by atoms with Crippen LogP contribution >= 0.6 is 0 Å². The minimum absolute atomic E-state index is 0.250. The molecule has 1 heterocycles. The summed E-state index contributed by atoms with van der Waals surface area (Å²) >= 11 is 0. The summed E-state index contributed by atoms with van der Waals surface area (Å²) in [5.74, 6) is 3.88. The van der Waals surface area contributed by atoms with Gasteiger partial charge < -0.3 is 24.7 Å². The van der Waals surface area contributed by atoms with E-state index < -0.39 is 6.04 Å². The third-order valence-electron chi connectivity index (χ3n) is 4.19. The van der Waals surface area contributed by atoms with Crippen LogP contribution in [0, 0.1) is 0 Å². The van der Waals surface area contributed by atoms with Gasteiger partial charge in [0.2, 0.25) is 0 Å². The van der Waals surface area contributed by atoms with Gasteiger partial charge in [-0.25, -0.2) is 4.98 Å². The summed E-state index contributed by atoms with van der Waals surface area (Å²) < 4.78 is 22.1. The van der Waals surface area contributed by atoms with Crippen molar-refractivity contribution in [3.8, 4) is 23.0 Å². The average molecular weight is 398 g/mol. The van der Waals surface area contributed by atoms with Crippen LogP contribution in [0.5, 0.6) is 23.0 Å². The smallest absolute Gasteiger partial charge is 0.172 e. The van der Waals surface area contributed by atoms with Crippen molar-refractivity contribution in [2.24, 2.45) is 5.73 Å². The standard InChI is InChI=1S/C21H26N4O4/c1-4-27-17-11-6-14(12-18(17)28-5-2)20(22)21-23-19(24-25-21)13-29-16-9-7-15(26-3)8-10-16/h6-12,20H,4-5,13,22H2,1-3H3,(H,23,24,25). The molecule has 3 rings (SSSR count). The molecule has 0 saturated carbocycles. The maximum atomic E-state index is 6.36. The van der Waals surface area contributed by atoms with Crippen LogP contribution in [0.2, 0.25) is 0 Å². The number of ether oxygens (including phenoxy) is 4. The van der Waals surface area contributed by atoms with Crippen LogP contribution in [-0.4, -0.2) is 35.5 Å². The quantitative estimate of drug-likeness (QED) is 0.540. The molecule has 0 bridgehead atoms. The Balaban J connectivity index is 1.68. The Hall–Kier alpha value is -3.26. The SMILES string of the molecule is CCOc1ccc(C(N)c2n[nH]c(COc3ccc(OC)cc3)n2)cc1OCC. The highest BCUT2D eigenvalue weighted by Gasteiger charge is 2.17. The van der Waals surface area contributed by atoms with Crippen LogP contribution in [0.3, 0.4) is 0 Å². The first-order chi connectivity index (χ1) is 14.1. The molecule has 0 amide bonds. The van der Waals surface area contributed by atoms with Crippen LogP contribution < -0.4 is 24.7 Å². The number of aromatic amines is 1. The summed E-state index contributed by atoms with van der Waals surface area (Å²) in [5, 5.41) is 7.11. The number of hydrogen-bond donors (Lipinski definition) is 2. The summed E-state index contributed by atoms with van der Waals surface area (Å²) in [6, 6.07) is 12.4. The summed E-state index contributed by atoms with van der Waals surface area (Å²) in [5.41, 5.74) is 7.19. The predicted octanol–water partition coefficient (Wildman–Crippen LogP) is 3.24. The van der Waals surface area contributed by atoms with E-state index in [0.717, 1.165) is 11.3 Å². The monoisotopic (exact) mass is 398 g/mol. The van der Waals surface area contributed by atoms with E-state index in [1.165, 1.54) is 0 Å². The van der Waals surface area contributed by atoms with Crippen molar-refractivity contribution < 1.29 is 18.9 Å². The van der Waals surface area contributed by atoms with Gasteiger partial charge in [0.25, 0.3) is 0 Å². The molecule has 0 fully saturated rings. The number of rotatable bonds is 10. The molecule has 154 valence electrons. The fourth-order valence-corrected chi connectivity index (χ4v) is 2.75. The first-order valence-electron chi connectivity index (χ1n) is 9.47. The minimum Gasteiger partial charge on any atom is -0.497 e. The number of benzene rings is 2. The van der Waals surface area contributed by atoms with Crippen LogP contribution in [0.1, 0.15) is 37.1 Å². The third-order valence-corrected chi connectivity index (χ3v) is 4.19. The van der Waals surface area contributed by atoms with Crippen LogP contribution in [0.4, 0.5) is 0 Å². The molecule has 0 spiro atoms. The lowest BCUT2D eigenvalue weighted by Crippen LogP contribution is -2.14. The van der Waals surface area contributed by atoms with Crippen molar-refractivity contribution in [2.45, 2.75) is 26.5 Å². The number of nitrogens with one attached hydrogen (secondary N) is 1. The minimum atomic E-state index is -0.504. The Morgan fingerprint density at radius 2 is 1.62 bits per heavy atom. The molecule has 8 heteroatoms. The molecule has 0 radical (unpaired) electrons. The van der Waals surface area contributed by atoms with Crippen LogP contribution in [0.25, 0.3) is 0 Å². The van der Waals surface area contributed by atoms with E-state index >= 15 is 0 Å². The van der Waals surface area contributed by atoms with Crippen molar-refractivity contribution in [3.63, 3.8) is 0 Å². The van der Waals surface area contributed by atoms with E-state index in [1.807, 2.05) is 56.3 Å². The number of nitrogens with zero attached hydrogens (tertiary/aromatic N) is 2. The van der Waals surface area contributed by atoms with Crippen molar-refractivity contribution >= 4 is 0 Å². The lowest BCUT2D eigenvalue weighted by Gasteiger charge is -2.14. The third kappa shape index (κ3) is 5.17. The fourth-order valence-electron chi connectivity index (χ4n) is 2.75. The van der Waals surface area contributed by atoms with Gasteiger partial charge in [-0.1, -0.05) is 6.07 Å². The molecule has 3 aromatic rings. The number of nitrogens with two attached hydrogens (primary N) is 1. The largest absolute Gasteiger partial charge is 0.497 e. The van der Waals surface area contributed by atoms with Gasteiger partial charge in [0.05, 0.1) is 26.4 Å². The van der Waals surface area contributed by atoms with Crippen molar-refractivity contribution in [3.05, 3.63) is 59.7 Å². The summed E-state index contributed by atoms with van der Waals surface area (Å²) in [4.78, 5) is 4.46. The second-order valence-electron chi connectivity index (χ2n) is 6.15. The predicted molar refractivity (Wildman–Crippen MR) is 109 cm³/mol. The number of hydrogen-bond acceptors (Lipinski definition) is 7. The van der Waals surface area contributed by atoms with E-state index in [0.29, 0.717) is 42.1 Å². The van der Waals surface area contributed by atoms with Gasteiger partial charge in [-0.2, -0.15) is 5.10 Å². The second kappa shape index (κ2) is 9.79. The van der Waals surface area contributed by atoms with Crippen molar-refractivity contribution in [1.29, 1.82) is 0 Å². The summed E-state index contributed by atoms with van der Waals surface area (Å²) in [6.07, 6.45) is 0. The molecular formula is C21H26N4O4. The lowest BCUT2D eigenvalue weighted by atomic mass is 10.1. The Kier molecular flexibility index (Phi) is 6.91. The molecule has 2 aromatic carbocycles. The molecule has 29 heavy (non-hydrogen) atoms. The first kappa shape index (κ1) is 20.5. The van der Waals surface area contributed by atoms with Gasteiger partial charge in [0.1, 0.15) is 18.1 Å². The number of H-pyrrole nitrogens is 1. The zero-order valence-electron chi connectivity index (χ0n) is 16.8. The Morgan fingerprint density at radius 1 is 0.931 bits per heavy atom. The molecule has 0 aliphatic heterocycles. The maximum Gasteiger partial charge on any atom is 0.172 e. The molecule has 3 N–H and O–H groups in total. The normalized spacial score (nSPS) is 11.7. The zero-order valence-corrected chi connectivity index (χ0v) is 16.8. The Labute approximate surface area is 170 Å². The van der Waals surface area contributed by atoms with Gasteiger partial charge in [0, 0.05) is 0 Å². The molecular weight excluding hydrogens is 372 g/mol. The van der Waals surface area contributed by atoms with Gasteiger partial charge >= 0.3 is 0 Å². The molecule has 0 aliphatic carbocycles. The van der Waals surface area contributed by atoms with Crippen LogP contribution in [-0.2, 0) is 6.61 Å². The van der Waals surface area contributed by atoms with E-state index in [1.54, 1.807) is 7.11 Å². The lowest BCUT2D eigenvalue weighted by molar-refractivity contribution is 0.287. The van der Waals surface area contributed by atoms with Crippen LogP contribution in [0.15, 0.2) is 42.5 Å². The van der Waals surface area contributed by atoms with E-state index in [2.05, 4.69) is 15.2 Å². The number of aromatic nitrogens is 3. The van der Waals surface area contributed by atoms with Gasteiger partial charge in [-0.15, -0.1) is 0 Å². The average Bonchev–Trinajstić information content (AvgIpc) is 3.23. The topological polar surface area (TPSA) is 105 Å². The first-order valence-corrected chi connectivity index (χ1v) is 9.47. The highest BCUT2D eigenvalue weighted by molar-refractivity contribution is 5.45. The number of methoxy groups -OCH3 is 1. The summed E-state index contributed by atoms with van der Waals surface area (Å²) in [6.45, 7) is 5.20. The molecule has 0 aliphatic rings. The Bertz CT molecular complexity index is 911. The zero-order chi connectivity index (χ0) is 20.6. The van der Waals surface area contributed by atoms with E-state index in [4.69, 9.17) is 24.7 Å². The van der Waals surface area contributed by atoms with Gasteiger partial charge in [0.15, 0.2) is 23.1 Å². The molecule has 1 aromatic heterocycles. The van der Waals surface area contributed by atoms with Crippen molar-refractivity contribution in [2.75, 3.05) is 20.3 Å². The van der Waals surface area contributed by atoms with Gasteiger partial charge in [-0.05, 0) is 55.8 Å². The van der Waals surface area contributed by atoms with E-state index in [-0.39, 0.29) is 6.61 Å². The highest BCUT2D eigenvalue weighted by atomic mass is 16.5. The molecule has 1 unspecified atom stereocenters. The molecule has 0 saturated heterocycles. The summed E-state index contributed by atoms with van der Waals surface area (Å²) in [7, 11) is 1.62. The van der Waals surface area contributed by atoms with Gasteiger partial charge in [-0.3, -0.25) is 5.10 Å².